The van der Waals surface area contributed by atoms with Gasteiger partial charge in [-0.1, -0.05) is 25.3 Å². The van der Waals surface area contributed by atoms with Gasteiger partial charge in [0, 0.05) is 35.6 Å². The highest BCUT2D eigenvalue weighted by Gasteiger charge is 2.21. The predicted octanol–water partition coefficient (Wildman–Crippen LogP) is 2.57. The summed E-state index contributed by atoms with van der Waals surface area (Å²) < 4.78 is 5.33. The van der Waals surface area contributed by atoms with Crippen LogP contribution in [0.3, 0.4) is 0 Å². The number of anilines is 2. The lowest BCUT2D eigenvalue weighted by molar-refractivity contribution is -0.120. The summed E-state index contributed by atoms with van der Waals surface area (Å²) in [6.45, 7) is 2.74. The first kappa shape index (κ1) is 22.2. The third-order valence-corrected chi connectivity index (χ3v) is 6.57. The van der Waals surface area contributed by atoms with E-state index in [1.54, 1.807) is 29.6 Å². The van der Waals surface area contributed by atoms with Gasteiger partial charge in [-0.05, 0) is 31.0 Å². The first-order valence-corrected chi connectivity index (χ1v) is 11.8. The molecule has 3 amide bonds. The zero-order chi connectivity index (χ0) is 22.3. The van der Waals surface area contributed by atoms with Crippen molar-refractivity contribution in [1.29, 1.82) is 0 Å². The number of rotatable bonds is 5. The number of aromatic nitrogens is 1. The van der Waals surface area contributed by atoms with Crippen molar-refractivity contribution in [3.8, 4) is 0 Å². The Balaban J connectivity index is 1.30. The average molecular weight is 458 g/mol. The Morgan fingerprint density at radius 2 is 1.78 bits per heavy atom. The lowest BCUT2D eigenvalue weighted by Gasteiger charge is -2.25. The maximum absolute atomic E-state index is 12.5. The standard InChI is InChI=1S/C22H27N5O4S/c28-19(15-5-2-1-3-6-15)23-17-8-4-7-16(13-17)20(29)25-26-21(30)18-14-32-22(24-18)27-9-11-31-12-10-27/h4,7-8,13-15H,1-3,5-6,9-12H2,(H,23,28)(H,25,29)(H,26,30). The molecule has 0 bridgehead atoms. The normalized spacial score (nSPS) is 16.9. The van der Waals surface area contributed by atoms with Crippen LogP contribution in [0.15, 0.2) is 29.6 Å². The molecule has 2 aromatic rings. The molecule has 1 aliphatic heterocycles. The van der Waals surface area contributed by atoms with Crippen molar-refractivity contribution >= 4 is 39.9 Å². The van der Waals surface area contributed by atoms with Gasteiger partial charge in [-0.2, -0.15) is 0 Å². The molecule has 170 valence electrons. The van der Waals surface area contributed by atoms with Crippen LogP contribution in [0.4, 0.5) is 10.8 Å². The van der Waals surface area contributed by atoms with E-state index in [1.807, 2.05) is 0 Å². The Labute approximate surface area is 190 Å². The second-order valence-electron chi connectivity index (χ2n) is 7.93. The minimum atomic E-state index is -0.490. The molecular weight excluding hydrogens is 430 g/mol. The molecule has 9 nitrogen and oxygen atoms in total. The maximum atomic E-state index is 12.5. The first-order chi connectivity index (χ1) is 15.6. The van der Waals surface area contributed by atoms with E-state index >= 15 is 0 Å². The fourth-order valence-electron chi connectivity index (χ4n) is 3.87. The molecule has 0 radical (unpaired) electrons. The molecule has 0 unspecified atom stereocenters. The van der Waals surface area contributed by atoms with Crippen LogP contribution in [-0.4, -0.2) is 49.0 Å². The van der Waals surface area contributed by atoms with Gasteiger partial charge in [0.15, 0.2) is 5.13 Å². The smallest absolute Gasteiger partial charge is 0.289 e. The van der Waals surface area contributed by atoms with E-state index in [1.165, 1.54) is 17.8 Å². The van der Waals surface area contributed by atoms with Crippen LogP contribution in [0.1, 0.15) is 53.0 Å². The Morgan fingerprint density at radius 1 is 1.03 bits per heavy atom. The summed E-state index contributed by atoms with van der Waals surface area (Å²) in [5.41, 5.74) is 5.95. The average Bonchev–Trinajstić information content (AvgIpc) is 3.34. The molecule has 0 spiro atoms. The number of carbonyl (C=O) groups is 3. The molecule has 32 heavy (non-hydrogen) atoms. The van der Waals surface area contributed by atoms with Crippen LogP contribution in [0, 0.1) is 5.92 Å². The minimum absolute atomic E-state index is 0.00448. The highest BCUT2D eigenvalue weighted by atomic mass is 32.1. The van der Waals surface area contributed by atoms with Crippen molar-refractivity contribution in [3.05, 3.63) is 40.9 Å². The van der Waals surface area contributed by atoms with Gasteiger partial charge in [0.25, 0.3) is 11.8 Å². The zero-order valence-electron chi connectivity index (χ0n) is 17.8. The molecule has 2 aliphatic rings. The fraction of sp³-hybridized carbons (Fsp3) is 0.455. The summed E-state index contributed by atoms with van der Waals surface area (Å²) in [6, 6.07) is 6.67. The van der Waals surface area contributed by atoms with E-state index in [0.717, 1.165) is 43.9 Å². The van der Waals surface area contributed by atoms with Gasteiger partial charge in [0.05, 0.1) is 13.2 Å². The topological polar surface area (TPSA) is 113 Å². The van der Waals surface area contributed by atoms with Crippen molar-refractivity contribution in [2.24, 2.45) is 5.92 Å². The van der Waals surface area contributed by atoms with Gasteiger partial charge in [-0.3, -0.25) is 25.2 Å². The number of amides is 3. The Bertz CT molecular complexity index is 967. The summed E-state index contributed by atoms with van der Waals surface area (Å²) in [5, 5.41) is 5.32. The first-order valence-electron chi connectivity index (χ1n) is 10.9. The second kappa shape index (κ2) is 10.6. The second-order valence-corrected chi connectivity index (χ2v) is 8.76. The van der Waals surface area contributed by atoms with Crippen LogP contribution < -0.4 is 21.1 Å². The fourth-order valence-corrected chi connectivity index (χ4v) is 4.72. The highest BCUT2D eigenvalue weighted by Crippen LogP contribution is 2.25. The molecule has 2 fully saturated rings. The molecule has 0 atom stereocenters. The Morgan fingerprint density at radius 3 is 2.56 bits per heavy atom. The molecule has 1 aromatic heterocycles. The number of hydrogen-bond acceptors (Lipinski definition) is 7. The molecule has 1 saturated carbocycles. The lowest BCUT2D eigenvalue weighted by Crippen LogP contribution is -2.42. The van der Waals surface area contributed by atoms with Crippen LogP contribution in [0.2, 0.25) is 0 Å². The van der Waals surface area contributed by atoms with Gasteiger partial charge in [-0.25, -0.2) is 4.98 Å². The van der Waals surface area contributed by atoms with E-state index in [0.29, 0.717) is 24.5 Å². The number of hydrazine groups is 1. The predicted molar refractivity (Wildman–Crippen MR) is 122 cm³/mol. The van der Waals surface area contributed by atoms with Crippen molar-refractivity contribution in [2.45, 2.75) is 32.1 Å². The molecule has 1 aromatic carbocycles. The van der Waals surface area contributed by atoms with Gasteiger partial charge >= 0.3 is 0 Å². The third-order valence-electron chi connectivity index (χ3n) is 5.66. The maximum Gasteiger partial charge on any atom is 0.289 e. The number of nitrogens with one attached hydrogen (secondary N) is 3. The van der Waals surface area contributed by atoms with Gasteiger partial charge in [0.1, 0.15) is 5.69 Å². The van der Waals surface area contributed by atoms with E-state index in [-0.39, 0.29) is 17.5 Å². The number of thiazole rings is 1. The molecule has 4 rings (SSSR count). The van der Waals surface area contributed by atoms with Crippen molar-refractivity contribution in [2.75, 3.05) is 36.5 Å². The largest absolute Gasteiger partial charge is 0.378 e. The van der Waals surface area contributed by atoms with Crippen molar-refractivity contribution in [3.63, 3.8) is 0 Å². The number of benzene rings is 1. The summed E-state index contributed by atoms with van der Waals surface area (Å²) in [7, 11) is 0. The zero-order valence-corrected chi connectivity index (χ0v) is 18.6. The summed E-state index contributed by atoms with van der Waals surface area (Å²) >= 11 is 1.38. The highest BCUT2D eigenvalue weighted by molar-refractivity contribution is 7.13. The summed E-state index contributed by atoms with van der Waals surface area (Å²) in [6.07, 6.45) is 5.14. The van der Waals surface area contributed by atoms with Gasteiger partial charge < -0.3 is 15.0 Å². The molecule has 10 heteroatoms. The number of carbonyl (C=O) groups excluding carboxylic acids is 3. The van der Waals surface area contributed by atoms with Crippen molar-refractivity contribution in [1.82, 2.24) is 15.8 Å². The summed E-state index contributed by atoms with van der Waals surface area (Å²) in [4.78, 5) is 43.7. The van der Waals surface area contributed by atoms with Crippen LogP contribution >= 0.6 is 11.3 Å². The monoisotopic (exact) mass is 457 g/mol. The van der Waals surface area contributed by atoms with Gasteiger partial charge in [0.2, 0.25) is 5.91 Å². The quantitative estimate of drug-likeness (QED) is 0.595. The molecule has 2 heterocycles. The van der Waals surface area contributed by atoms with Gasteiger partial charge in [-0.15, -0.1) is 11.3 Å². The van der Waals surface area contributed by atoms with Crippen molar-refractivity contribution < 1.29 is 19.1 Å². The molecular formula is C22H27N5O4S. The SMILES string of the molecule is O=C(NNC(=O)c1csc(N2CCOCC2)n1)c1cccc(NC(=O)C2CCCCC2)c1. The van der Waals surface area contributed by atoms with Crippen LogP contribution in [-0.2, 0) is 9.53 Å². The Kier molecular flexibility index (Phi) is 7.33. The summed E-state index contributed by atoms with van der Waals surface area (Å²) in [5.74, 6) is -0.942. The molecule has 3 N–H and O–H groups in total. The number of morpholine rings is 1. The van der Waals surface area contributed by atoms with Crippen LogP contribution in [0.25, 0.3) is 0 Å². The lowest BCUT2D eigenvalue weighted by atomic mass is 9.88. The molecule has 1 saturated heterocycles. The van der Waals surface area contributed by atoms with E-state index in [4.69, 9.17) is 4.74 Å². The molecule has 1 aliphatic carbocycles. The number of hydrogen-bond donors (Lipinski definition) is 3. The number of nitrogens with zero attached hydrogens (tertiary/aromatic N) is 2. The third kappa shape index (κ3) is 5.63. The van der Waals surface area contributed by atoms with E-state index in [2.05, 4.69) is 26.1 Å². The van der Waals surface area contributed by atoms with E-state index < -0.39 is 11.8 Å². The minimum Gasteiger partial charge on any atom is -0.378 e. The Hall–Kier alpha value is -2.98. The van der Waals surface area contributed by atoms with E-state index in [9.17, 15) is 14.4 Å². The van der Waals surface area contributed by atoms with Crippen LogP contribution in [0.5, 0.6) is 0 Å². The number of ether oxygens (including phenoxy) is 1.